The number of carbonyl (C=O) groups excluding carboxylic acids is 1. The fourth-order valence-electron chi connectivity index (χ4n) is 5.17. The molecule has 10 heteroatoms. The van der Waals surface area contributed by atoms with Gasteiger partial charge < -0.3 is 20.1 Å². The molecule has 0 bridgehead atoms. The summed E-state index contributed by atoms with van der Waals surface area (Å²) >= 11 is 7.87. The minimum Gasteiger partial charge on any atom is -0.493 e. The van der Waals surface area contributed by atoms with Crippen LogP contribution in [0.3, 0.4) is 0 Å². The monoisotopic (exact) mass is 637 g/mol. The van der Waals surface area contributed by atoms with Crippen molar-refractivity contribution in [2.75, 3.05) is 24.4 Å². The molecule has 5 aromatic rings. The number of carbonyl (C=O) groups is 1. The van der Waals surface area contributed by atoms with Gasteiger partial charge in [0, 0.05) is 28.6 Å². The fraction of sp³-hybridized carbons (Fsp3) is 0.171. The van der Waals surface area contributed by atoms with E-state index in [0.29, 0.717) is 56.9 Å². The first-order valence-electron chi connectivity index (χ1n) is 14.5. The maximum Gasteiger partial charge on any atom is 0.255 e. The largest absolute Gasteiger partial charge is 0.493 e. The number of hydrogen-bond acceptors (Lipinski definition) is 7. The van der Waals surface area contributed by atoms with Gasteiger partial charge in [-0.2, -0.15) is 4.98 Å². The van der Waals surface area contributed by atoms with Crippen LogP contribution in [-0.4, -0.2) is 34.4 Å². The Hall–Kier alpha value is -4.73. The summed E-state index contributed by atoms with van der Waals surface area (Å²) in [6.07, 6.45) is 0.767. The van der Waals surface area contributed by atoms with Crippen molar-refractivity contribution in [2.24, 2.45) is 0 Å². The molecule has 0 aliphatic carbocycles. The first-order valence-corrected chi connectivity index (χ1v) is 15.9. The van der Waals surface area contributed by atoms with E-state index in [9.17, 15) is 4.79 Å². The minimum atomic E-state index is -0.584. The summed E-state index contributed by atoms with van der Waals surface area (Å²) in [6.45, 7) is 2.37. The third-order valence-corrected chi connectivity index (χ3v) is 8.67. The van der Waals surface area contributed by atoms with Gasteiger partial charge in [-0.05, 0) is 53.9 Å². The zero-order valence-electron chi connectivity index (χ0n) is 24.9. The van der Waals surface area contributed by atoms with Gasteiger partial charge in [-0.3, -0.25) is 4.79 Å². The van der Waals surface area contributed by atoms with E-state index in [1.54, 1.807) is 11.8 Å². The van der Waals surface area contributed by atoms with Crippen LogP contribution in [0.1, 0.15) is 29.7 Å². The quantitative estimate of drug-likeness (QED) is 0.143. The van der Waals surface area contributed by atoms with Gasteiger partial charge >= 0.3 is 0 Å². The highest BCUT2D eigenvalue weighted by Gasteiger charge is 2.35. The van der Waals surface area contributed by atoms with E-state index in [0.717, 1.165) is 17.5 Å². The molecule has 0 fully saturated rings. The molecule has 2 heterocycles. The van der Waals surface area contributed by atoms with Crippen molar-refractivity contribution in [2.45, 2.75) is 30.3 Å². The maximum absolute atomic E-state index is 13.9. The summed E-state index contributed by atoms with van der Waals surface area (Å²) in [5.41, 5.74) is 4.87. The van der Waals surface area contributed by atoms with E-state index in [4.69, 9.17) is 31.2 Å². The number of fused-ring (bicyclic) bond motifs is 1. The SMILES string of the molecule is COc1cc(C2C(C(=O)Nc3ccccc3)=C(C)Nc3nc(SCc4ccccc4Cl)nn32)ccc1OCCc1ccccc1. The van der Waals surface area contributed by atoms with Crippen molar-refractivity contribution in [1.82, 2.24) is 14.8 Å². The maximum atomic E-state index is 13.9. The molecule has 1 aliphatic heterocycles. The number of thioether (sulfide) groups is 1. The van der Waals surface area contributed by atoms with E-state index < -0.39 is 6.04 Å². The Labute approximate surface area is 271 Å². The zero-order valence-corrected chi connectivity index (χ0v) is 26.4. The van der Waals surface area contributed by atoms with Crippen LogP contribution >= 0.6 is 23.4 Å². The molecule has 0 radical (unpaired) electrons. The summed E-state index contributed by atoms with van der Waals surface area (Å²) in [5.74, 6) is 2.08. The van der Waals surface area contributed by atoms with Crippen molar-refractivity contribution in [3.05, 3.63) is 136 Å². The molecule has 0 saturated carbocycles. The summed E-state index contributed by atoms with van der Waals surface area (Å²) < 4.78 is 13.7. The molecule has 1 atom stereocenters. The number of para-hydroxylation sites is 1. The average Bonchev–Trinajstić information content (AvgIpc) is 3.47. The number of ether oxygens (including phenoxy) is 2. The molecule has 2 N–H and O–H groups in total. The topological polar surface area (TPSA) is 90.3 Å². The van der Waals surface area contributed by atoms with Crippen LogP contribution in [0.25, 0.3) is 0 Å². The van der Waals surface area contributed by atoms with Crippen molar-refractivity contribution in [3.63, 3.8) is 0 Å². The molecule has 1 amide bonds. The average molecular weight is 638 g/mol. The number of amides is 1. The van der Waals surface area contributed by atoms with E-state index in [2.05, 4.69) is 22.8 Å². The number of halogens is 1. The molecule has 0 spiro atoms. The Kier molecular flexibility index (Phi) is 9.38. The number of methoxy groups -OCH3 is 1. The van der Waals surface area contributed by atoms with Crippen molar-refractivity contribution in [1.29, 1.82) is 0 Å². The number of rotatable bonds is 11. The molecular weight excluding hydrogens is 606 g/mol. The molecule has 8 nitrogen and oxygen atoms in total. The predicted molar refractivity (Wildman–Crippen MR) is 179 cm³/mol. The summed E-state index contributed by atoms with van der Waals surface area (Å²) in [6, 6.07) is 32.4. The number of anilines is 2. The molecule has 4 aromatic carbocycles. The fourth-order valence-corrected chi connectivity index (χ4v) is 6.28. The molecule has 228 valence electrons. The zero-order chi connectivity index (χ0) is 31.2. The molecule has 6 rings (SSSR count). The van der Waals surface area contributed by atoms with Crippen LogP contribution in [0.4, 0.5) is 11.6 Å². The number of benzene rings is 4. The van der Waals surface area contributed by atoms with Gasteiger partial charge in [0.2, 0.25) is 11.1 Å². The van der Waals surface area contributed by atoms with Crippen LogP contribution < -0.4 is 20.1 Å². The van der Waals surface area contributed by atoms with Crippen LogP contribution in [-0.2, 0) is 17.0 Å². The predicted octanol–water partition coefficient (Wildman–Crippen LogP) is 7.78. The Morgan fingerprint density at radius 3 is 2.47 bits per heavy atom. The lowest BCUT2D eigenvalue weighted by molar-refractivity contribution is -0.113. The number of hydrogen-bond donors (Lipinski definition) is 2. The second-order valence-electron chi connectivity index (χ2n) is 10.4. The molecule has 1 unspecified atom stereocenters. The lowest BCUT2D eigenvalue weighted by Gasteiger charge is -2.29. The van der Waals surface area contributed by atoms with Crippen molar-refractivity contribution < 1.29 is 14.3 Å². The summed E-state index contributed by atoms with van der Waals surface area (Å²) in [4.78, 5) is 18.6. The second kappa shape index (κ2) is 13.9. The number of nitrogens with one attached hydrogen (secondary N) is 2. The highest BCUT2D eigenvalue weighted by molar-refractivity contribution is 7.98. The number of allylic oxidation sites excluding steroid dienone is 1. The number of aromatic nitrogens is 3. The van der Waals surface area contributed by atoms with Gasteiger partial charge in [0.25, 0.3) is 5.91 Å². The highest BCUT2D eigenvalue weighted by atomic mass is 35.5. The summed E-state index contributed by atoms with van der Waals surface area (Å²) in [7, 11) is 1.61. The standard InChI is InChI=1S/C35H32ClN5O3S/c1-23-31(33(42)38-27-14-7-4-8-15-27)32(41-34(37-23)39-35(40-41)45-22-26-13-9-10-16-28(26)36)25-17-18-29(30(21-25)43-2)44-20-19-24-11-5-3-6-12-24/h3-18,21,32H,19-20,22H2,1-2H3,(H,38,42)(H,37,39,40). The molecule has 1 aromatic heterocycles. The van der Waals surface area contributed by atoms with Crippen LogP contribution in [0.15, 0.2) is 120 Å². The Balaban J connectivity index is 1.32. The van der Waals surface area contributed by atoms with Crippen LogP contribution in [0.5, 0.6) is 11.5 Å². The molecule has 1 aliphatic rings. The van der Waals surface area contributed by atoms with Crippen molar-refractivity contribution >= 4 is 40.9 Å². The summed E-state index contributed by atoms with van der Waals surface area (Å²) in [5, 5.41) is 12.5. The van der Waals surface area contributed by atoms with Crippen LogP contribution in [0, 0.1) is 0 Å². The van der Waals surface area contributed by atoms with Gasteiger partial charge in [-0.25, -0.2) is 4.68 Å². The Bertz CT molecular complexity index is 1830. The normalized spacial score (nSPS) is 14.0. The third kappa shape index (κ3) is 7.00. The van der Waals surface area contributed by atoms with Gasteiger partial charge in [-0.1, -0.05) is 96.2 Å². The van der Waals surface area contributed by atoms with E-state index in [1.807, 2.05) is 97.9 Å². The first-order chi connectivity index (χ1) is 22.0. The highest BCUT2D eigenvalue weighted by Crippen LogP contribution is 2.40. The molecule has 45 heavy (non-hydrogen) atoms. The smallest absolute Gasteiger partial charge is 0.255 e. The number of nitrogens with zero attached hydrogens (tertiary/aromatic N) is 3. The van der Waals surface area contributed by atoms with E-state index >= 15 is 0 Å². The van der Waals surface area contributed by atoms with Crippen LogP contribution in [0.2, 0.25) is 5.02 Å². The lowest BCUT2D eigenvalue weighted by Crippen LogP contribution is -2.31. The van der Waals surface area contributed by atoms with Gasteiger partial charge in [0.15, 0.2) is 11.5 Å². The lowest BCUT2D eigenvalue weighted by atomic mass is 9.94. The van der Waals surface area contributed by atoms with Gasteiger partial charge in [0.05, 0.1) is 19.3 Å². The Morgan fingerprint density at radius 2 is 1.71 bits per heavy atom. The minimum absolute atomic E-state index is 0.246. The third-order valence-electron chi connectivity index (χ3n) is 7.42. The van der Waals surface area contributed by atoms with Gasteiger partial charge in [0.1, 0.15) is 6.04 Å². The van der Waals surface area contributed by atoms with Gasteiger partial charge in [-0.15, -0.1) is 5.10 Å². The second-order valence-corrected chi connectivity index (χ2v) is 11.8. The Morgan fingerprint density at radius 1 is 0.978 bits per heavy atom. The van der Waals surface area contributed by atoms with Crippen molar-refractivity contribution in [3.8, 4) is 11.5 Å². The molecule has 0 saturated heterocycles. The van der Waals surface area contributed by atoms with E-state index in [1.165, 1.54) is 17.3 Å². The first kappa shape index (κ1) is 30.3. The molecular formula is C35H32ClN5O3S. The van der Waals surface area contributed by atoms with E-state index in [-0.39, 0.29) is 5.91 Å².